The average Bonchev–Trinajstić information content (AvgIpc) is 2.90. The van der Waals surface area contributed by atoms with E-state index in [-0.39, 0.29) is 0 Å². The summed E-state index contributed by atoms with van der Waals surface area (Å²) in [4.78, 5) is 0. The molecule has 0 amide bonds. The van der Waals surface area contributed by atoms with Gasteiger partial charge in [0.05, 0.1) is 0 Å². The number of rotatable bonds is 2. The summed E-state index contributed by atoms with van der Waals surface area (Å²) in [6.45, 7) is 2.04. The fourth-order valence-electron chi connectivity index (χ4n) is 1.75. The highest BCUT2D eigenvalue weighted by molar-refractivity contribution is 6.30. The third-order valence-electron chi connectivity index (χ3n) is 2.81. The van der Waals surface area contributed by atoms with Crippen LogP contribution in [0.4, 0.5) is 0 Å². The molecule has 3 nitrogen and oxygen atoms in total. The molecule has 0 bridgehead atoms. The third-order valence-corrected chi connectivity index (χ3v) is 3.07. The molecule has 0 radical (unpaired) electrons. The highest BCUT2D eigenvalue weighted by atomic mass is 35.5. The number of halogens is 1. The molecule has 3 rings (SSSR count). The standard InChI is InChI=1S/C15H11ClN2O/c1-10-2-4-11(5-3-10)14-17-18-15(19-14)12-6-8-13(16)9-7-12/h2-9H,1H3. The van der Waals surface area contributed by atoms with Crippen molar-refractivity contribution < 1.29 is 4.42 Å². The largest absolute Gasteiger partial charge is 0.416 e. The molecule has 0 aliphatic rings. The fraction of sp³-hybridized carbons (Fsp3) is 0.0667. The van der Waals surface area contributed by atoms with Gasteiger partial charge in [0.2, 0.25) is 11.8 Å². The minimum absolute atomic E-state index is 0.493. The van der Waals surface area contributed by atoms with E-state index < -0.39 is 0 Å². The molecule has 0 N–H and O–H groups in total. The zero-order chi connectivity index (χ0) is 13.2. The zero-order valence-corrected chi connectivity index (χ0v) is 11.1. The van der Waals surface area contributed by atoms with Crippen LogP contribution in [0.25, 0.3) is 22.9 Å². The van der Waals surface area contributed by atoms with Crippen molar-refractivity contribution in [1.29, 1.82) is 0 Å². The Hall–Kier alpha value is -2.13. The highest BCUT2D eigenvalue weighted by Gasteiger charge is 2.09. The quantitative estimate of drug-likeness (QED) is 0.694. The number of aryl methyl sites for hydroxylation is 1. The fourth-order valence-corrected chi connectivity index (χ4v) is 1.87. The Balaban J connectivity index is 1.95. The Morgan fingerprint density at radius 1 is 0.789 bits per heavy atom. The van der Waals surface area contributed by atoms with Crippen LogP contribution in [-0.2, 0) is 0 Å². The molecule has 4 heteroatoms. The smallest absolute Gasteiger partial charge is 0.248 e. The summed E-state index contributed by atoms with van der Waals surface area (Å²) in [5.41, 5.74) is 2.97. The molecular formula is C15H11ClN2O. The summed E-state index contributed by atoms with van der Waals surface area (Å²) in [6.07, 6.45) is 0. The Morgan fingerprint density at radius 3 is 1.79 bits per heavy atom. The molecule has 1 aromatic heterocycles. The van der Waals surface area contributed by atoms with E-state index in [1.54, 1.807) is 12.1 Å². The Kier molecular flexibility index (Phi) is 3.05. The van der Waals surface area contributed by atoms with Crippen LogP contribution >= 0.6 is 11.6 Å². The molecule has 0 aliphatic carbocycles. The van der Waals surface area contributed by atoms with E-state index in [9.17, 15) is 0 Å². The van der Waals surface area contributed by atoms with Gasteiger partial charge in [0.25, 0.3) is 0 Å². The van der Waals surface area contributed by atoms with E-state index in [0.717, 1.165) is 11.1 Å². The summed E-state index contributed by atoms with van der Waals surface area (Å²) in [5.74, 6) is 1.01. The second-order valence-electron chi connectivity index (χ2n) is 4.29. The third kappa shape index (κ3) is 2.51. The topological polar surface area (TPSA) is 38.9 Å². The normalized spacial score (nSPS) is 10.6. The van der Waals surface area contributed by atoms with Gasteiger partial charge < -0.3 is 4.42 Å². The van der Waals surface area contributed by atoms with E-state index in [1.807, 2.05) is 43.3 Å². The number of benzene rings is 2. The summed E-state index contributed by atoms with van der Waals surface area (Å²) in [6, 6.07) is 15.3. The second-order valence-corrected chi connectivity index (χ2v) is 4.72. The summed E-state index contributed by atoms with van der Waals surface area (Å²) in [7, 11) is 0. The highest BCUT2D eigenvalue weighted by Crippen LogP contribution is 2.24. The molecule has 0 aliphatic heterocycles. The van der Waals surface area contributed by atoms with Gasteiger partial charge in [-0.15, -0.1) is 10.2 Å². The van der Waals surface area contributed by atoms with Gasteiger partial charge in [0.15, 0.2) is 0 Å². The zero-order valence-electron chi connectivity index (χ0n) is 10.3. The Bertz CT molecular complexity index is 627. The lowest BCUT2D eigenvalue weighted by Crippen LogP contribution is -1.78. The number of hydrogen-bond acceptors (Lipinski definition) is 3. The predicted octanol–water partition coefficient (Wildman–Crippen LogP) is 4.37. The summed E-state index contributed by atoms with van der Waals surface area (Å²) in [5, 5.41) is 8.80. The van der Waals surface area contributed by atoms with Crippen molar-refractivity contribution >= 4 is 11.6 Å². The first-order valence-electron chi connectivity index (χ1n) is 5.89. The lowest BCUT2D eigenvalue weighted by Gasteiger charge is -1.96. The van der Waals surface area contributed by atoms with Crippen LogP contribution in [0, 0.1) is 6.92 Å². The van der Waals surface area contributed by atoms with Crippen molar-refractivity contribution in [2.45, 2.75) is 6.92 Å². The number of hydrogen-bond donors (Lipinski definition) is 0. The van der Waals surface area contributed by atoms with Crippen LogP contribution in [0.1, 0.15) is 5.56 Å². The molecule has 3 aromatic rings. The molecule has 0 spiro atoms. The molecule has 19 heavy (non-hydrogen) atoms. The average molecular weight is 271 g/mol. The molecule has 2 aromatic carbocycles. The summed E-state index contributed by atoms with van der Waals surface area (Å²) < 4.78 is 5.67. The molecule has 0 atom stereocenters. The monoisotopic (exact) mass is 270 g/mol. The van der Waals surface area contributed by atoms with E-state index >= 15 is 0 Å². The molecule has 0 saturated heterocycles. The van der Waals surface area contributed by atoms with Gasteiger partial charge >= 0.3 is 0 Å². The summed E-state index contributed by atoms with van der Waals surface area (Å²) >= 11 is 5.85. The van der Waals surface area contributed by atoms with Gasteiger partial charge in [0, 0.05) is 16.1 Å². The van der Waals surface area contributed by atoms with Crippen molar-refractivity contribution in [2.24, 2.45) is 0 Å². The first-order chi connectivity index (χ1) is 9.22. The molecule has 1 heterocycles. The lowest BCUT2D eigenvalue weighted by molar-refractivity contribution is 0.584. The maximum absolute atomic E-state index is 5.85. The van der Waals surface area contributed by atoms with E-state index in [0.29, 0.717) is 16.8 Å². The van der Waals surface area contributed by atoms with Crippen molar-refractivity contribution in [3.05, 3.63) is 59.1 Å². The van der Waals surface area contributed by atoms with Crippen molar-refractivity contribution in [2.75, 3.05) is 0 Å². The van der Waals surface area contributed by atoms with E-state index in [4.69, 9.17) is 16.0 Å². The minimum atomic E-state index is 0.493. The van der Waals surface area contributed by atoms with Gasteiger partial charge in [-0.1, -0.05) is 29.3 Å². The first-order valence-corrected chi connectivity index (χ1v) is 6.27. The van der Waals surface area contributed by atoms with Gasteiger partial charge in [-0.3, -0.25) is 0 Å². The van der Waals surface area contributed by atoms with Crippen molar-refractivity contribution in [3.63, 3.8) is 0 Å². The van der Waals surface area contributed by atoms with Gasteiger partial charge in [-0.25, -0.2) is 0 Å². The van der Waals surface area contributed by atoms with Crippen LogP contribution in [0.15, 0.2) is 52.9 Å². The van der Waals surface area contributed by atoms with Gasteiger partial charge in [-0.2, -0.15) is 0 Å². The SMILES string of the molecule is Cc1ccc(-c2nnc(-c3ccc(Cl)cc3)o2)cc1. The Labute approximate surface area is 115 Å². The first kappa shape index (κ1) is 11.9. The maximum Gasteiger partial charge on any atom is 0.248 e. The second kappa shape index (κ2) is 4.86. The van der Waals surface area contributed by atoms with Crippen LogP contribution < -0.4 is 0 Å². The number of nitrogens with zero attached hydrogens (tertiary/aromatic N) is 2. The van der Waals surface area contributed by atoms with Crippen molar-refractivity contribution in [1.82, 2.24) is 10.2 Å². The van der Waals surface area contributed by atoms with Crippen LogP contribution in [0.2, 0.25) is 5.02 Å². The van der Waals surface area contributed by atoms with Gasteiger partial charge in [-0.05, 0) is 43.3 Å². The van der Waals surface area contributed by atoms with Gasteiger partial charge in [0.1, 0.15) is 0 Å². The minimum Gasteiger partial charge on any atom is -0.416 e. The van der Waals surface area contributed by atoms with Crippen molar-refractivity contribution in [3.8, 4) is 22.9 Å². The maximum atomic E-state index is 5.85. The van der Waals surface area contributed by atoms with Crippen LogP contribution in [0.3, 0.4) is 0 Å². The van der Waals surface area contributed by atoms with Crippen LogP contribution in [-0.4, -0.2) is 10.2 Å². The van der Waals surface area contributed by atoms with E-state index in [1.165, 1.54) is 5.56 Å². The molecule has 94 valence electrons. The Morgan fingerprint density at radius 2 is 1.26 bits per heavy atom. The van der Waals surface area contributed by atoms with E-state index in [2.05, 4.69) is 10.2 Å². The molecule has 0 saturated carbocycles. The molecule has 0 fully saturated rings. The predicted molar refractivity (Wildman–Crippen MR) is 74.9 cm³/mol. The van der Waals surface area contributed by atoms with Crippen LogP contribution in [0.5, 0.6) is 0 Å². The molecular weight excluding hydrogens is 260 g/mol. The number of aromatic nitrogens is 2. The molecule has 0 unspecified atom stereocenters. The lowest BCUT2D eigenvalue weighted by atomic mass is 10.1.